The van der Waals surface area contributed by atoms with Crippen LogP contribution in [0.25, 0.3) is 6.08 Å². The molecule has 1 heterocycles. The van der Waals surface area contributed by atoms with Gasteiger partial charge in [-0.25, -0.2) is 13.6 Å². The molecule has 114 valence electrons. The molecular formula is C15H11F2NO4. The Morgan fingerprint density at radius 1 is 1.23 bits per heavy atom. The van der Waals surface area contributed by atoms with Crippen molar-refractivity contribution in [1.82, 2.24) is 0 Å². The molecule has 0 radical (unpaired) electrons. The van der Waals surface area contributed by atoms with E-state index in [0.29, 0.717) is 5.76 Å². The maximum atomic E-state index is 12.9. The van der Waals surface area contributed by atoms with Crippen LogP contribution in [0.5, 0.6) is 0 Å². The van der Waals surface area contributed by atoms with Crippen LogP contribution >= 0.6 is 0 Å². The summed E-state index contributed by atoms with van der Waals surface area (Å²) in [6.07, 6.45) is 3.93. The van der Waals surface area contributed by atoms with Gasteiger partial charge in [0.15, 0.2) is 18.2 Å². The van der Waals surface area contributed by atoms with E-state index in [1.165, 1.54) is 18.4 Å². The number of halogens is 2. The molecule has 0 aliphatic heterocycles. The third-order valence-corrected chi connectivity index (χ3v) is 2.48. The Morgan fingerprint density at radius 2 is 2.05 bits per heavy atom. The van der Waals surface area contributed by atoms with Crippen molar-refractivity contribution in [2.45, 2.75) is 0 Å². The van der Waals surface area contributed by atoms with Gasteiger partial charge in [0.25, 0.3) is 5.91 Å². The molecule has 0 atom stereocenters. The monoisotopic (exact) mass is 307 g/mol. The van der Waals surface area contributed by atoms with E-state index in [-0.39, 0.29) is 5.69 Å². The van der Waals surface area contributed by atoms with Crippen molar-refractivity contribution in [3.8, 4) is 0 Å². The number of hydrogen-bond acceptors (Lipinski definition) is 4. The van der Waals surface area contributed by atoms with Crippen molar-refractivity contribution in [1.29, 1.82) is 0 Å². The van der Waals surface area contributed by atoms with E-state index < -0.39 is 30.1 Å². The van der Waals surface area contributed by atoms with Gasteiger partial charge in [-0.15, -0.1) is 0 Å². The van der Waals surface area contributed by atoms with E-state index >= 15 is 0 Å². The van der Waals surface area contributed by atoms with Gasteiger partial charge in [-0.3, -0.25) is 4.79 Å². The molecule has 0 saturated carbocycles. The molecule has 0 fully saturated rings. The summed E-state index contributed by atoms with van der Waals surface area (Å²) in [5, 5.41) is 2.27. The summed E-state index contributed by atoms with van der Waals surface area (Å²) in [6.45, 7) is -0.555. The lowest BCUT2D eigenvalue weighted by molar-refractivity contribution is -0.142. The van der Waals surface area contributed by atoms with Crippen LogP contribution in [0.4, 0.5) is 14.5 Å². The average molecular weight is 307 g/mol. The number of nitrogens with one attached hydrogen (secondary N) is 1. The lowest BCUT2D eigenvalue weighted by atomic mass is 10.3. The molecule has 22 heavy (non-hydrogen) atoms. The number of carbonyl (C=O) groups is 2. The van der Waals surface area contributed by atoms with E-state index in [0.717, 1.165) is 18.2 Å². The fraction of sp³-hybridized carbons (Fsp3) is 0.0667. The molecule has 0 unspecified atom stereocenters. The van der Waals surface area contributed by atoms with E-state index in [9.17, 15) is 18.4 Å². The fourth-order valence-electron chi connectivity index (χ4n) is 1.49. The van der Waals surface area contributed by atoms with Gasteiger partial charge in [-0.1, -0.05) is 0 Å². The number of hydrogen-bond donors (Lipinski definition) is 1. The second-order valence-electron chi connectivity index (χ2n) is 4.13. The zero-order valence-electron chi connectivity index (χ0n) is 11.2. The number of benzene rings is 1. The fourth-order valence-corrected chi connectivity index (χ4v) is 1.49. The maximum absolute atomic E-state index is 12.9. The highest BCUT2D eigenvalue weighted by Crippen LogP contribution is 2.12. The first-order valence-electron chi connectivity index (χ1n) is 6.18. The number of anilines is 1. The second-order valence-corrected chi connectivity index (χ2v) is 4.13. The highest BCUT2D eigenvalue weighted by molar-refractivity contribution is 5.94. The van der Waals surface area contributed by atoms with Crippen LogP contribution in [-0.2, 0) is 14.3 Å². The lowest BCUT2D eigenvalue weighted by Gasteiger charge is -2.05. The predicted octanol–water partition coefficient (Wildman–Crippen LogP) is 2.75. The van der Waals surface area contributed by atoms with Crippen LogP contribution in [0.3, 0.4) is 0 Å². The number of furan rings is 1. The van der Waals surface area contributed by atoms with E-state index in [2.05, 4.69) is 10.1 Å². The molecule has 0 aliphatic carbocycles. The summed E-state index contributed by atoms with van der Waals surface area (Å²) in [5.74, 6) is -3.06. The highest BCUT2D eigenvalue weighted by Gasteiger charge is 2.08. The first-order valence-corrected chi connectivity index (χ1v) is 6.18. The third kappa shape index (κ3) is 4.55. The van der Waals surface area contributed by atoms with Crippen LogP contribution in [-0.4, -0.2) is 18.5 Å². The van der Waals surface area contributed by atoms with E-state index in [1.54, 1.807) is 12.1 Å². The summed E-state index contributed by atoms with van der Waals surface area (Å²) in [7, 11) is 0. The molecule has 1 N–H and O–H groups in total. The smallest absolute Gasteiger partial charge is 0.331 e. The minimum absolute atomic E-state index is 0.0612. The third-order valence-electron chi connectivity index (χ3n) is 2.48. The zero-order chi connectivity index (χ0) is 15.9. The van der Waals surface area contributed by atoms with Crippen molar-refractivity contribution >= 4 is 23.6 Å². The van der Waals surface area contributed by atoms with Crippen LogP contribution in [0.1, 0.15) is 5.76 Å². The molecule has 0 aliphatic rings. The first kappa shape index (κ1) is 15.4. The summed E-state index contributed by atoms with van der Waals surface area (Å²) in [5.41, 5.74) is 0.0612. The van der Waals surface area contributed by atoms with Crippen molar-refractivity contribution < 1.29 is 27.5 Å². The van der Waals surface area contributed by atoms with Gasteiger partial charge in [0.05, 0.1) is 6.26 Å². The van der Waals surface area contributed by atoms with E-state index in [1.807, 2.05) is 0 Å². The second kappa shape index (κ2) is 7.16. The molecule has 0 bridgehead atoms. The standard InChI is InChI=1S/C15H11F2NO4/c16-12-5-3-10(8-13(12)17)18-14(19)9-22-15(20)6-4-11-2-1-7-21-11/h1-8H,9H2,(H,18,19). The first-order chi connectivity index (χ1) is 10.5. The number of carbonyl (C=O) groups excluding carboxylic acids is 2. The Kier molecular flexibility index (Phi) is 5.02. The Labute approximate surface area is 124 Å². The van der Waals surface area contributed by atoms with Crippen molar-refractivity contribution in [3.05, 3.63) is 60.1 Å². The summed E-state index contributed by atoms with van der Waals surface area (Å²) < 4.78 is 35.3. The SMILES string of the molecule is O=C(COC(=O)C=Cc1ccco1)Nc1ccc(F)c(F)c1. The van der Waals surface area contributed by atoms with Crippen molar-refractivity contribution in [2.24, 2.45) is 0 Å². The van der Waals surface area contributed by atoms with Crippen LogP contribution < -0.4 is 5.32 Å². The molecule has 1 aromatic heterocycles. The van der Waals surface area contributed by atoms with Crippen LogP contribution in [0.15, 0.2) is 47.1 Å². The Morgan fingerprint density at radius 3 is 2.73 bits per heavy atom. The maximum Gasteiger partial charge on any atom is 0.331 e. The van der Waals surface area contributed by atoms with Crippen molar-refractivity contribution in [2.75, 3.05) is 11.9 Å². The summed E-state index contributed by atoms with van der Waals surface area (Å²) >= 11 is 0. The summed E-state index contributed by atoms with van der Waals surface area (Å²) in [6, 6.07) is 6.18. The Bertz CT molecular complexity index is 696. The van der Waals surface area contributed by atoms with Gasteiger partial charge in [0, 0.05) is 17.8 Å². The minimum Gasteiger partial charge on any atom is -0.465 e. The zero-order valence-corrected chi connectivity index (χ0v) is 11.2. The largest absolute Gasteiger partial charge is 0.465 e. The lowest BCUT2D eigenvalue weighted by Crippen LogP contribution is -2.20. The Balaban J connectivity index is 1.79. The normalized spacial score (nSPS) is 10.6. The van der Waals surface area contributed by atoms with Crippen molar-refractivity contribution in [3.63, 3.8) is 0 Å². The van der Waals surface area contributed by atoms with Crippen LogP contribution in [0, 0.1) is 11.6 Å². The number of amides is 1. The predicted molar refractivity (Wildman–Crippen MR) is 73.7 cm³/mol. The molecule has 1 aromatic carbocycles. The van der Waals surface area contributed by atoms with Gasteiger partial charge < -0.3 is 14.5 Å². The molecule has 1 amide bonds. The molecular weight excluding hydrogens is 296 g/mol. The molecule has 0 spiro atoms. The van der Waals surface area contributed by atoms with Crippen LogP contribution in [0.2, 0.25) is 0 Å². The quantitative estimate of drug-likeness (QED) is 0.681. The Hall–Kier alpha value is -2.96. The number of esters is 1. The van der Waals surface area contributed by atoms with E-state index in [4.69, 9.17) is 4.42 Å². The minimum atomic E-state index is -1.09. The van der Waals surface area contributed by atoms with Gasteiger partial charge in [-0.2, -0.15) is 0 Å². The van der Waals surface area contributed by atoms with Gasteiger partial charge in [0.1, 0.15) is 5.76 Å². The average Bonchev–Trinajstić information content (AvgIpc) is 3.00. The van der Waals surface area contributed by atoms with Gasteiger partial charge >= 0.3 is 5.97 Å². The molecule has 0 saturated heterocycles. The summed E-state index contributed by atoms with van der Waals surface area (Å²) in [4.78, 5) is 22.9. The number of ether oxygens (including phenoxy) is 1. The van der Waals surface area contributed by atoms with Gasteiger partial charge in [0.2, 0.25) is 0 Å². The topological polar surface area (TPSA) is 68.5 Å². The molecule has 2 aromatic rings. The highest BCUT2D eigenvalue weighted by atomic mass is 19.2. The molecule has 2 rings (SSSR count). The van der Waals surface area contributed by atoms with Gasteiger partial charge in [-0.05, 0) is 30.3 Å². The molecule has 5 nitrogen and oxygen atoms in total. The number of rotatable bonds is 5. The molecule has 7 heteroatoms.